The number of hydrogen-bond acceptors (Lipinski definition) is 1. The molecule has 1 nitrogen and oxygen atoms in total. The fraction of sp³-hybridized carbons (Fsp3) is 0.462. The molecular formula is C13H20N. The molecule has 1 heteroatoms. The predicted octanol–water partition coefficient (Wildman–Crippen LogP) is 3.50. The van der Waals surface area contributed by atoms with Crippen molar-refractivity contribution in [3.05, 3.63) is 41.9 Å². The van der Waals surface area contributed by atoms with Crippen molar-refractivity contribution in [2.75, 3.05) is 0 Å². The summed E-state index contributed by atoms with van der Waals surface area (Å²) in [5, 5.41) is 0. The highest BCUT2D eigenvalue weighted by Crippen LogP contribution is 2.16. The van der Waals surface area contributed by atoms with E-state index in [1.807, 2.05) is 18.2 Å². The third-order valence-corrected chi connectivity index (χ3v) is 2.44. The third kappa shape index (κ3) is 3.93. The SMILES string of the molecule is CCCCCC[C](N)c1ccccc1. The summed E-state index contributed by atoms with van der Waals surface area (Å²) in [5.41, 5.74) is 7.18. The molecule has 0 aromatic heterocycles. The molecule has 0 atom stereocenters. The van der Waals surface area contributed by atoms with Crippen molar-refractivity contribution in [3.63, 3.8) is 0 Å². The average molecular weight is 190 g/mol. The number of unbranched alkanes of at least 4 members (excludes halogenated alkanes) is 3. The molecule has 1 aromatic carbocycles. The smallest absolute Gasteiger partial charge is 0.0634 e. The van der Waals surface area contributed by atoms with Crippen molar-refractivity contribution in [1.82, 2.24) is 0 Å². The van der Waals surface area contributed by atoms with E-state index in [9.17, 15) is 0 Å². The molecule has 0 aliphatic heterocycles. The molecule has 0 saturated heterocycles. The van der Waals surface area contributed by atoms with Crippen LogP contribution in [0.15, 0.2) is 30.3 Å². The molecular weight excluding hydrogens is 170 g/mol. The highest BCUT2D eigenvalue weighted by Gasteiger charge is 2.04. The van der Waals surface area contributed by atoms with Crippen molar-refractivity contribution in [2.24, 2.45) is 5.73 Å². The summed E-state index contributed by atoms with van der Waals surface area (Å²) in [6.07, 6.45) is 6.15. The third-order valence-electron chi connectivity index (χ3n) is 2.44. The van der Waals surface area contributed by atoms with E-state index in [0.717, 1.165) is 12.5 Å². The van der Waals surface area contributed by atoms with Crippen molar-refractivity contribution < 1.29 is 0 Å². The fourth-order valence-electron chi connectivity index (χ4n) is 1.54. The molecule has 0 bridgehead atoms. The molecule has 0 saturated carbocycles. The first-order chi connectivity index (χ1) is 6.84. The molecule has 0 unspecified atom stereocenters. The van der Waals surface area contributed by atoms with Crippen molar-refractivity contribution in [1.29, 1.82) is 0 Å². The Bertz CT molecular complexity index is 230. The number of rotatable bonds is 6. The first kappa shape index (κ1) is 11.3. The lowest BCUT2D eigenvalue weighted by Gasteiger charge is -2.10. The van der Waals surface area contributed by atoms with Gasteiger partial charge in [0.2, 0.25) is 0 Å². The van der Waals surface area contributed by atoms with E-state index in [4.69, 9.17) is 5.73 Å². The lowest BCUT2D eigenvalue weighted by Crippen LogP contribution is -2.10. The lowest BCUT2D eigenvalue weighted by atomic mass is 10.0. The zero-order chi connectivity index (χ0) is 10.2. The molecule has 1 aromatic rings. The van der Waals surface area contributed by atoms with E-state index in [2.05, 4.69) is 19.1 Å². The van der Waals surface area contributed by atoms with Crippen LogP contribution < -0.4 is 5.73 Å². The van der Waals surface area contributed by atoms with Gasteiger partial charge in [0.1, 0.15) is 0 Å². The second-order valence-corrected chi connectivity index (χ2v) is 3.70. The van der Waals surface area contributed by atoms with Crippen molar-refractivity contribution in [3.8, 4) is 0 Å². The number of nitrogens with two attached hydrogens (primary N) is 1. The zero-order valence-electron chi connectivity index (χ0n) is 9.00. The van der Waals surface area contributed by atoms with Crippen LogP contribution in [-0.2, 0) is 0 Å². The van der Waals surface area contributed by atoms with Gasteiger partial charge in [0.05, 0.1) is 6.04 Å². The molecule has 0 spiro atoms. The van der Waals surface area contributed by atoms with E-state index in [-0.39, 0.29) is 0 Å². The van der Waals surface area contributed by atoms with Crippen LogP contribution >= 0.6 is 0 Å². The molecule has 77 valence electrons. The van der Waals surface area contributed by atoms with Crippen molar-refractivity contribution in [2.45, 2.75) is 39.0 Å². The molecule has 1 rings (SSSR count). The van der Waals surface area contributed by atoms with E-state index in [0.29, 0.717) is 0 Å². The molecule has 0 fully saturated rings. The Balaban J connectivity index is 2.25. The lowest BCUT2D eigenvalue weighted by molar-refractivity contribution is 0.642. The molecule has 14 heavy (non-hydrogen) atoms. The number of benzene rings is 1. The van der Waals surface area contributed by atoms with Crippen molar-refractivity contribution >= 4 is 0 Å². The molecule has 2 N–H and O–H groups in total. The van der Waals surface area contributed by atoms with Crippen LogP contribution in [0.5, 0.6) is 0 Å². The Labute approximate surface area is 87.3 Å². The van der Waals surface area contributed by atoms with Gasteiger partial charge in [0, 0.05) is 0 Å². The second kappa shape index (κ2) is 6.61. The first-order valence-corrected chi connectivity index (χ1v) is 5.51. The molecule has 0 amide bonds. The summed E-state index contributed by atoms with van der Waals surface area (Å²) in [6, 6.07) is 11.3. The summed E-state index contributed by atoms with van der Waals surface area (Å²) in [5.74, 6) is 0. The van der Waals surface area contributed by atoms with Crippen LogP contribution in [0.4, 0.5) is 0 Å². The normalized spacial score (nSPS) is 10.8. The highest BCUT2D eigenvalue weighted by molar-refractivity contribution is 5.27. The summed E-state index contributed by atoms with van der Waals surface area (Å²) < 4.78 is 0. The van der Waals surface area contributed by atoms with Crippen LogP contribution in [0.25, 0.3) is 0 Å². The van der Waals surface area contributed by atoms with E-state index < -0.39 is 0 Å². The van der Waals surface area contributed by atoms with Gasteiger partial charge in [-0.15, -0.1) is 0 Å². The maximum Gasteiger partial charge on any atom is 0.0634 e. The van der Waals surface area contributed by atoms with Crippen LogP contribution in [0, 0.1) is 6.04 Å². The molecule has 0 heterocycles. The maximum absolute atomic E-state index is 5.99. The van der Waals surface area contributed by atoms with Gasteiger partial charge in [0.25, 0.3) is 0 Å². The topological polar surface area (TPSA) is 26.0 Å². The van der Waals surface area contributed by atoms with Crippen LogP contribution in [0.1, 0.15) is 44.6 Å². The Morgan fingerprint density at radius 2 is 1.79 bits per heavy atom. The Morgan fingerprint density at radius 1 is 1.07 bits per heavy atom. The standard InChI is InChI=1S/C13H20N/c1-2-3-4-8-11-13(14)12-9-6-5-7-10-12/h5-7,9-10H,2-4,8,11,14H2,1H3. The van der Waals surface area contributed by atoms with Crippen LogP contribution in [0.3, 0.4) is 0 Å². The fourth-order valence-corrected chi connectivity index (χ4v) is 1.54. The predicted molar refractivity (Wildman–Crippen MR) is 61.7 cm³/mol. The van der Waals surface area contributed by atoms with E-state index in [1.54, 1.807) is 0 Å². The minimum absolute atomic E-state index is 1.03. The minimum atomic E-state index is 1.03. The Morgan fingerprint density at radius 3 is 2.43 bits per heavy atom. The van der Waals surface area contributed by atoms with Crippen LogP contribution in [-0.4, -0.2) is 0 Å². The summed E-state index contributed by atoms with van der Waals surface area (Å²) in [6.45, 7) is 2.23. The largest absolute Gasteiger partial charge is 0.320 e. The molecule has 0 aliphatic rings. The van der Waals surface area contributed by atoms with Gasteiger partial charge in [0.15, 0.2) is 0 Å². The van der Waals surface area contributed by atoms with Gasteiger partial charge in [-0.2, -0.15) is 0 Å². The zero-order valence-corrected chi connectivity index (χ0v) is 9.00. The second-order valence-electron chi connectivity index (χ2n) is 3.70. The summed E-state index contributed by atoms with van der Waals surface area (Å²) in [4.78, 5) is 0. The summed E-state index contributed by atoms with van der Waals surface area (Å²) in [7, 11) is 0. The highest BCUT2D eigenvalue weighted by atomic mass is 14.6. The minimum Gasteiger partial charge on any atom is -0.320 e. The van der Waals surface area contributed by atoms with Gasteiger partial charge in [-0.25, -0.2) is 0 Å². The van der Waals surface area contributed by atoms with Gasteiger partial charge in [-0.05, 0) is 12.0 Å². The van der Waals surface area contributed by atoms with Crippen LogP contribution in [0.2, 0.25) is 0 Å². The Hall–Kier alpha value is -0.820. The first-order valence-electron chi connectivity index (χ1n) is 5.51. The van der Waals surface area contributed by atoms with E-state index in [1.165, 1.54) is 31.2 Å². The van der Waals surface area contributed by atoms with Gasteiger partial charge in [-0.3, -0.25) is 0 Å². The average Bonchev–Trinajstić information content (AvgIpc) is 2.25. The maximum atomic E-state index is 5.99. The quantitative estimate of drug-likeness (QED) is 0.683. The molecule has 1 radical (unpaired) electrons. The molecule has 0 aliphatic carbocycles. The van der Waals surface area contributed by atoms with Gasteiger partial charge in [-0.1, -0.05) is 62.9 Å². The summed E-state index contributed by atoms with van der Waals surface area (Å²) >= 11 is 0. The monoisotopic (exact) mass is 190 g/mol. The van der Waals surface area contributed by atoms with Gasteiger partial charge < -0.3 is 5.73 Å². The van der Waals surface area contributed by atoms with Gasteiger partial charge >= 0.3 is 0 Å². The van der Waals surface area contributed by atoms with E-state index >= 15 is 0 Å². The Kier molecular flexibility index (Phi) is 5.31. The number of hydrogen-bond donors (Lipinski definition) is 1.